The van der Waals surface area contributed by atoms with Gasteiger partial charge in [-0.3, -0.25) is 9.69 Å². The molecule has 1 aromatic carbocycles. The molecule has 3 atom stereocenters. The predicted molar refractivity (Wildman–Crippen MR) is 92.0 cm³/mol. The van der Waals surface area contributed by atoms with Crippen LogP contribution < -0.4 is 11.1 Å². The number of nitrogens with zero attached hydrogens (tertiary/aromatic N) is 1. The molecule has 3 unspecified atom stereocenters. The van der Waals surface area contributed by atoms with Crippen LogP contribution in [-0.4, -0.2) is 48.2 Å². The van der Waals surface area contributed by atoms with Crippen LogP contribution in [0.5, 0.6) is 0 Å². The Morgan fingerprint density at radius 1 is 1.33 bits per heavy atom. The highest BCUT2D eigenvalue weighted by Gasteiger charge is 2.34. The van der Waals surface area contributed by atoms with Crippen molar-refractivity contribution < 1.29 is 13.9 Å². The van der Waals surface area contributed by atoms with Crippen molar-refractivity contribution in [2.45, 2.75) is 51.5 Å². The van der Waals surface area contributed by atoms with Gasteiger partial charge in [0.1, 0.15) is 11.9 Å². The van der Waals surface area contributed by atoms with Gasteiger partial charge < -0.3 is 15.8 Å². The van der Waals surface area contributed by atoms with Crippen LogP contribution in [0.15, 0.2) is 24.3 Å². The molecule has 1 saturated heterocycles. The highest BCUT2D eigenvalue weighted by atomic mass is 19.1. The van der Waals surface area contributed by atoms with Crippen molar-refractivity contribution in [2.75, 3.05) is 19.6 Å². The molecule has 0 spiro atoms. The van der Waals surface area contributed by atoms with E-state index in [0.29, 0.717) is 12.1 Å². The van der Waals surface area contributed by atoms with E-state index in [0.717, 1.165) is 13.1 Å². The number of benzene rings is 1. The molecule has 0 aliphatic carbocycles. The summed E-state index contributed by atoms with van der Waals surface area (Å²) >= 11 is 0. The fourth-order valence-electron chi connectivity index (χ4n) is 3.17. The van der Waals surface area contributed by atoms with Crippen LogP contribution in [0.4, 0.5) is 4.39 Å². The van der Waals surface area contributed by atoms with Crippen molar-refractivity contribution >= 4 is 5.91 Å². The molecule has 1 heterocycles. The quantitative estimate of drug-likeness (QED) is 0.831. The predicted octanol–water partition coefficient (Wildman–Crippen LogP) is 1.83. The van der Waals surface area contributed by atoms with E-state index in [1.807, 2.05) is 0 Å². The van der Waals surface area contributed by atoms with E-state index in [1.165, 1.54) is 12.1 Å². The third-order valence-corrected chi connectivity index (χ3v) is 4.50. The van der Waals surface area contributed by atoms with Gasteiger partial charge >= 0.3 is 0 Å². The lowest BCUT2D eigenvalue weighted by Gasteiger charge is -2.45. The number of nitrogens with two attached hydrogens (primary N) is 1. The number of rotatable bonds is 6. The number of hydrogen-bond acceptors (Lipinski definition) is 4. The van der Waals surface area contributed by atoms with E-state index in [4.69, 9.17) is 10.5 Å². The first-order chi connectivity index (χ1) is 11.2. The molecular formula is C18H28FN3O2. The summed E-state index contributed by atoms with van der Waals surface area (Å²) in [5.74, 6) is -0.806. The molecule has 1 aromatic rings. The first-order valence-electron chi connectivity index (χ1n) is 8.37. The minimum Gasteiger partial charge on any atom is -0.373 e. The lowest BCUT2D eigenvalue weighted by atomic mass is 9.98. The second-order valence-electron chi connectivity index (χ2n) is 7.24. The number of carbonyl (C=O) groups excluding carboxylic acids is 1. The molecule has 6 heteroatoms. The lowest BCUT2D eigenvalue weighted by Crippen LogP contribution is -2.58. The molecule has 2 rings (SSSR count). The van der Waals surface area contributed by atoms with Crippen molar-refractivity contribution in [3.8, 4) is 0 Å². The Kier molecular flexibility index (Phi) is 5.96. The molecule has 5 nitrogen and oxygen atoms in total. The maximum Gasteiger partial charge on any atom is 0.239 e. The lowest BCUT2D eigenvalue weighted by molar-refractivity contribution is -0.120. The van der Waals surface area contributed by atoms with Gasteiger partial charge in [0, 0.05) is 25.2 Å². The topological polar surface area (TPSA) is 67.6 Å². The van der Waals surface area contributed by atoms with Crippen LogP contribution in [0.3, 0.4) is 0 Å². The van der Waals surface area contributed by atoms with Gasteiger partial charge in [-0.2, -0.15) is 0 Å². The molecule has 1 fully saturated rings. The molecule has 1 aliphatic heterocycles. The number of primary amides is 1. The van der Waals surface area contributed by atoms with Crippen LogP contribution in [-0.2, 0) is 9.53 Å². The van der Waals surface area contributed by atoms with Crippen molar-refractivity contribution in [2.24, 2.45) is 5.73 Å². The van der Waals surface area contributed by atoms with Gasteiger partial charge in [0.15, 0.2) is 0 Å². The van der Waals surface area contributed by atoms with Crippen LogP contribution in [0.2, 0.25) is 0 Å². The SMILES string of the molecule is CC1CN(C(C)(C)CNC(C(N)=O)c2ccc(F)cc2)CC(C)O1. The van der Waals surface area contributed by atoms with Crippen LogP contribution in [0, 0.1) is 5.82 Å². The molecule has 134 valence electrons. The molecule has 1 amide bonds. The summed E-state index contributed by atoms with van der Waals surface area (Å²) in [7, 11) is 0. The Hall–Kier alpha value is -1.50. The minimum absolute atomic E-state index is 0.167. The fourth-order valence-corrected chi connectivity index (χ4v) is 3.17. The van der Waals surface area contributed by atoms with Crippen LogP contribution >= 0.6 is 0 Å². The smallest absolute Gasteiger partial charge is 0.239 e. The van der Waals surface area contributed by atoms with Crippen LogP contribution in [0.25, 0.3) is 0 Å². The maximum absolute atomic E-state index is 13.1. The Morgan fingerprint density at radius 2 is 1.88 bits per heavy atom. The monoisotopic (exact) mass is 337 g/mol. The van der Waals surface area contributed by atoms with E-state index < -0.39 is 11.9 Å². The summed E-state index contributed by atoms with van der Waals surface area (Å²) < 4.78 is 18.9. The van der Waals surface area contributed by atoms with Gasteiger partial charge in [-0.05, 0) is 45.4 Å². The molecule has 0 aromatic heterocycles. The average Bonchev–Trinajstić information content (AvgIpc) is 2.48. The summed E-state index contributed by atoms with van der Waals surface area (Å²) in [6.45, 7) is 10.7. The fraction of sp³-hybridized carbons (Fsp3) is 0.611. The molecule has 3 N–H and O–H groups in total. The summed E-state index contributed by atoms with van der Waals surface area (Å²) in [6, 6.07) is 5.21. The number of ether oxygens (including phenoxy) is 1. The first-order valence-corrected chi connectivity index (χ1v) is 8.37. The van der Waals surface area contributed by atoms with E-state index in [-0.39, 0.29) is 23.6 Å². The first kappa shape index (κ1) is 18.8. The highest BCUT2D eigenvalue weighted by molar-refractivity contribution is 5.81. The second kappa shape index (κ2) is 7.59. The van der Waals surface area contributed by atoms with Crippen molar-refractivity contribution in [3.05, 3.63) is 35.6 Å². The van der Waals surface area contributed by atoms with Gasteiger partial charge in [0.25, 0.3) is 0 Å². The van der Waals surface area contributed by atoms with E-state index in [1.54, 1.807) is 12.1 Å². The largest absolute Gasteiger partial charge is 0.373 e. The Morgan fingerprint density at radius 3 is 2.38 bits per heavy atom. The van der Waals surface area contributed by atoms with Crippen molar-refractivity contribution in [1.29, 1.82) is 0 Å². The third kappa shape index (κ3) is 4.75. The van der Waals surface area contributed by atoms with Crippen molar-refractivity contribution in [3.63, 3.8) is 0 Å². The summed E-state index contributed by atoms with van der Waals surface area (Å²) in [6.07, 6.45) is 0.356. The summed E-state index contributed by atoms with van der Waals surface area (Å²) in [5, 5.41) is 3.24. The van der Waals surface area contributed by atoms with Gasteiger partial charge in [0.2, 0.25) is 5.91 Å². The average molecular weight is 337 g/mol. The van der Waals surface area contributed by atoms with Crippen LogP contribution in [0.1, 0.15) is 39.3 Å². The minimum atomic E-state index is -0.638. The normalized spacial score (nSPS) is 23.9. The number of nitrogens with one attached hydrogen (secondary N) is 1. The number of halogens is 1. The Labute approximate surface area is 143 Å². The zero-order valence-corrected chi connectivity index (χ0v) is 14.9. The summed E-state index contributed by atoms with van der Waals surface area (Å²) in [4.78, 5) is 14.2. The molecule has 0 bridgehead atoms. The zero-order chi connectivity index (χ0) is 17.9. The maximum atomic E-state index is 13.1. The number of carbonyl (C=O) groups is 1. The Bertz CT molecular complexity index is 552. The van der Waals surface area contributed by atoms with Gasteiger partial charge in [-0.1, -0.05) is 12.1 Å². The standard InChI is InChI=1S/C18H28FN3O2/c1-12-9-22(10-13(2)24-12)18(3,4)11-21-16(17(20)23)14-5-7-15(19)8-6-14/h5-8,12-13,16,21H,9-11H2,1-4H3,(H2,20,23). The third-order valence-electron chi connectivity index (χ3n) is 4.50. The second-order valence-corrected chi connectivity index (χ2v) is 7.24. The van der Waals surface area contributed by atoms with E-state index in [9.17, 15) is 9.18 Å². The number of hydrogen-bond donors (Lipinski definition) is 2. The molecule has 0 saturated carbocycles. The number of amides is 1. The zero-order valence-electron chi connectivity index (χ0n) is 14.9. The molecular weight excluding hydrogens is 309 g/mol. The van der Waals surface area contributed by atoms with Gasteiger partial charge in [-0.25, -0.2) is 4.39 Å². The Balaban J connectivity index is 2.05. The summed E-state index contributed by atoms with van der Waals surface area (Å²) in [5.41, 5.74) is 6.03. The highest BCUT2D eigenvalue weighted by Crippen LogP contribution is 2.22. The van der Waals surface area contributed by atoms with E-state index >= 15 is 0 Å². The van der Waals surface area contributed by atoms with Gasteiger partial charge in [0.05, 0.1) is 12.2 Å². The molecule has 1 aliphatic rings. The number of morpholine rings is 1. The molecule has 24 heavy (non-hydrogen) atoms. The van der Waals surface area contributed by atoms with Crippen molar-refractivity contribution in [1.82, 2.24) is 10.2 Å². The van der Waals surface area contributed by atoms with Gasteiger partial charge in [-0.15, -0.1) is 0 Å². The molecule has 0 radical (unpaired) electrons. The van der Waals surface area contributed by atoms with E-state index in [2.05, 4.69) is 37.9 Å².